The number of rotatable bonds is 7. The quantitative estimate of drug-likeness (QED) is 0.789. The number of terminal acetylenes is 1. The van der Waals surface area contributed by atoms with E-state index in [4.69, 9.17) is 6.42 Å². The molecule has 1 aromatic carbocycles. The van der Waals surface area contributed by atoms with Crippen LogP contribution in [0.5, 0.6) is 0 Å². The summed E-state index contributed by atoms with van der Waals surface area (Å²) >= 11 is 0. The van der Waals surface area contributed by atoms with Crippen molar-refractivity contribution in [2.75, 3.05) is 0 Å². The Morgan fingerprint density at radius 2 is 2.19 bits per heavy atom. The summed E-state index contributed by atoms with van der Waals surface area (Å²) in [4.78, 5) is 15.9. The average molecular weight is 282 g/mol. The van der Waals surface area contributed by atoms with Crippen LogP contribution in [0.2, 0.25) is 0 Å². The van der Waals surface area contributed by atoms with Crippen LogP contribution in [0, 0.1) is 12.3 Å². The molecule has 1 aromatic heterocycles. The van der Waals surface area contributed by atoms with Crippen LogP contribution >= 0.6 is 0 Å². The maximum absolute atomic E-state index is 12.0. The van der Waals surface area contributed by atoms with Gasteiger partial charge in [0.25, 0.3) is 0 Å². The van der Waals surface area contributed by atoms with E-state index in [-0.39, 0.29) is 11.9 Å². The van der Waals surface area contributed by atoms with Crippen molar-refractivity contribution < 1.29 is 4.79 Å². The minimum atomic E-state index is -0.130. The Kier molecular flexibility index (Phi) is 5.53. The van der Waals surface area contributed by atoms with E-state index in [0.717, 1.165) is 5.56 Å². The zero-order chi connectivity index (χ0) is 14.9. The molecule has 0 fully saturated rings. The first-order valence-electron chi connectivity index (χ1n) is 6.90. The summed E-state index contributed by atoms with van der Waals surface area (Å²) in [6.45, 7) is 0.679. The molecule has 1 atom stereocenters. The summed E-state index contributed by atoms with van der Waals surface area (Å²) in [6, 6.07) is 9.63. The molecule has 0 aliphatic carbocycles. The van der Waals surface area contributed by atoms with E-state index in [9.17, 15) is 4.79 Å². The van der Waals surface area contributed by atoms with Crippen LogP contribution in [-0.4, -0.2) is 20.7 Å². The highest BCUT2D eigenvalue weighted by Gasteiger charge is 2.13. The predicted molar refractivity (Wildman–Crippen MR) is 80.0 cm³/mol. The van der Waals surface area contributed by atoms with E-state index in [1.165, 1.54) is 6.33 Å². The minimum absolute atomic E-state index is 0.000724. The van der Waals surface area contributed by atoms with E-state index in [2.05, 4.69) is 21.3 Å². The number of carbonyl (C=O) groups is 1. The summed E-state index contributed by atoms with van der Waals surface area (Å²) in [5.74, 6) is 2.61. The van der Waals surface area contributed by atoms with Crippen LogP contribution in [0.4, 0.5) is 0 Å². The second-order valence-corrected chi connectivity index (χ2v) is 4.70. The van der Waals surface area contributed by atoms with Gasteiger partial charge in [-0.25, -0.2) is 4.98 Å². The first-order chi connectivity index (χ1) is 10.3. The Balaban J connectivity index is 1.82. The third kappa shape index (κ3) is 4.77. The molecule has 0 aliphatic heterocycles. The number of hydrogen-bond donors (Lipinski definition) is 1. The smallest absolute Gasteiger partial charge is 0.220 e. The average Bonchev–Trinajstić information content (AvgIpc) is 3.01. The van der Waals surface area contributed by atoms with Crippen molar-refractivity contribution in [2.45, 2.75) is 31.8 Å². The molecule has 5 heteroatoms. The number of hydrogen-bond acceptors (Lipinski definition) is 3. The van der Waals surface area contributed by atoms with Crippen molar-refractivity contribution in [1.82, 2.24) is 20.1 Å². The van der Waals surface area contributed by atoms with E-state index >= 15 is 0 Å². The number of benzene rings is 1. The first-order valence-corrected chi connectivity index (χ1v) is 6.90. The summed E-state index contributed by atoms with van der Waals surface area (Å²) < 4.78 is 1.71. The Bertz CT molecular complexity index is 586. The van der Waals surface area contributed by atoms with Crippen molar-refractivity contribution in [3.05, 3.63) is 48.5 Å². The van der Waals surface area contributed by atoms with Gasteiger partial charge in [0.05, 0.1) is 6.04 Å². The van der Waals surface area contributed by atoms with Crippen LogP contribution in [0.3, 0.4) is 0 Å². The zero-order valence-electron chi connectivity index (χ0n) is 11.8. The Labute approximate surface area is 124 Å². The Hall–Kier alpha value is -2.61. The van der Waals surface area contributed by atoms with Gasteiger partial charge in [0, 0.05) is 19.4 Å². The van der Waals surface area contributed by atoms with Gasteiger partial charge >= 0.3 is 0 Å². The summed E-state index contributed by atoms with van der Waals surface area (Å²) in [5.41, 5.74) is 1.03. The molecule has 1 heterocycles. The molecular weight excluding hydrogens is 264 g/mol. The summed E-state index contributed by atoms with van der Waals surface area (Å²) in [7, 11) is 0. The van der Waals surface area contributed by atoms with Crippen LogP contribution in [0.1, 0.15) is 30.9 Å². The van der Waals surface area contributed by atoms with E-state index in [1.54, 1.807) is 11.0 Å². The molecule has 0 unspecified atom stereocenters. The Morgan fingerprint density at radius 3 is 2.86 bits per heavy atom. The summed E-state index contributed by atoms with van der Waals surface area (Å²) in [5, 5.41) is 6.99. The van der Waals surface area contributed by atoms with Crippen LogP contribution in [-0.2, 0) is 11.3 Å². The fourth-order valence-corrected chi connectivity index (χ4v) is 2.07. The van der Waals surface area contributed by atoms with E-state index < -0.39 is 0 Å². The minimum Gasteiger partial charge on any atom is -0.348 e. The fraction of sp³-hybridized carbons (Fsp3) is 0.312. The van der Waals surface area contributed by atoms with Gasteiger partial charge in [-0.1, -0.05) is 30.3 Å². The van der Waals surface area contributed by atoms with Crippen molar-refractivity contribution in [2.24, 2.45) is 0 Å². The second kappa shape index (κ2) is 7.85. The lowest BCUT2D eigenvalue weighted by molar-refractivity contribution is -0.122. The van der Waals surface area contributed by atoms with Crippen LogP contribution < -0.4 is 5.32 Å². The molecule has 0 spiro atoms. The highest BCUT2D eigenvalue weighted by atomic mass is 16.1. The molecule has 108 valence electrons. The number of aryl methyl sites for hydroxylation is 1. The molecule has 0 saturated heterocycles. The molecule has 21 heavy (non-hydrogen) atoms. The maximum atomic E-state index is 12.0. The highest BCUT2D eigenvalue weighted by Crippen LogP contribution is 2.16. The molecule has 2 rings (SSSR count). The third-order valence-corrected chi connectivity index (χ3v) is 3.12. The van der Waals surface area contributed by atoms with Crippen molar-refractivity contribution >= 4 is 5.91 Å². The standard InChI is InChI=1S/C16H18N4O/c1-2-7-15(14-8-4-3-5-9-14)19-16(21)10-6-11-20-13-17-12-18-20/h1,3-5,8-9,12-13,15H,6-7,10-11H2,(H,19,21)/t15-/m0/s1. The largest absolute Gasteiger partial charge is 0.348 e. The monoisotopic (exact) mass is 282 g/mol. The molecule has 1 N–H and O–H groups in total. The van der Waals surface area contributed by atoms with Gasteiger partial charge in [-0.3, -0.25) is 9.48 Å². The van der Waals surface area contributed by atoms with Gasteiger partial charge < -0.3 is 5.32 Å². The topological polar surface area (TPSA) is 59.8 Å². The maximum Gasteiger partial charge on any atom is 0.220 e. The highest BCUT2D eigenvalue weighted by molar-refractivity contribution is 5.76. The van der Waals surface area contributed by atoms with Crippen molar-refractivity contribution in [3.63, 3.8) is 0 Å². The SMILES string of the molecule is C#CC[C@H](NC(=O)CCCn1cncn1)c1ccccc1. The number of carbonyl (C=O) groups excluding carboxylic acids is 1. The van der Waals surface area contributed by atoms with Crippen molar-refractivity contribution in [1.29, 1.82) is 0 Å². The lowest BCUT2D eigenvalue weighted by Crippen LogP contribution is -2.28. The predicted octanol–water partition coefficient (Wildman–Crippen LogP) is 1.94. The number of aromatic nitrogens is 3. The van der Waals surface area contributed by atoms with Gasteiger partial charge in [-0.15, -0.1) is 12.3 Å². The second-order valence-electron chi connectivity index (χ2n) is 4.70. The lowest BCUT2D eigenvalue weighted by atomic mass is 10.0. The molecule has 0 aliphatic rings. The first kappa shape index (κ1) is 14.8. The van der Waals surface area contributed by atoms with Gasteiger partial charge in [-0.05, 0) is 12.0 Å². The molecule has 1 amide bonds. The lowest BCUT2D eigenvalue weighted by Gasteiger charge is -2.17. The van der Waals surface area contributed by atoms with Crippen molar-refractivity contribution in [3.8, 4) is 12.3 Å². The Morgan fingerprint density at radius 1 is 1.38 bits per heavy atom. The number of nitrogens with one attached hydrogen (secondary N) is 1. The summed E-state index contributed by atoms with van der Waals surface area (Å²) in [6.07, 6.45) is 10.2. The van der Waals surface area contributed by atoms with Gasteiger partial charge in [0.15, 0.2) is 0 Å². The normalized spacial score (nSPS) is 11.6. The molecule has 5 nitrogen and oxygen atoms in total. The van der Waals surface area contributed by atoms with Gasteiger partial charge in [0.1, 0.15) is 12.7 Å². The number of amides is 1. The van der Waals surface area contributed by atoms with Gasteiger partial charge in [0.2, 0.25) is 5.91 Å². The van der Waals surface area contributed by atoms with Crippen LogP contribution in [0.15, 0.2) is 43.0 Å². The van der Waals surface area contributed by atoms with Gasteiger partial charge in [-0.2, -0.15) is 5.10 Å². The zero-order valence-corrected chi connectivity index (χ0v) is 11.8. The molecule has 0 bridgehead atoms. The fourth-order valence-electron chi connectivity index (χ4n) is 2.07. The van der Waals surface area contributed by atoms with E-state index in [0.29, 0.717) is 25.8 Å². The molecule has 0 saturated carbocycles. The molecule has 0 radical (unpaired) electrons. The third-order valence-electron chi connectivity index (χ3n) is 3.12. The van der Waals surface area contributed by atoms with Crippen LogP contribution in [0.25, 0.3) is 0 Å². The number of nitrogens with zero attached hydrogens (tertiary/aromatic N) is 3. The van der Waals surface area contributed by atoms with E-state index in [1.807, 2.05) is 30.3 Å². The molecular formula is C16H18N4O. The molecule has 2 aromatic rings.